The molecule has 1 aliphatic rings. The van der Waals surface area contributed by atoms with Crippen LogP contribution in [0.1, 0.15) is 65.8 Å². The van der Waals surface area contributed by atoms with E-state index in [-0.39, 0.29) is 5.91 Å². The summed E-state index contributed by atoms with van der Waals surface area (Å²) in [7, 11) is 0. The molecule has 0 radical (unpaired) electrons. The first kappa shape index (κ1) is 18.4. The van der Waals surface area contributed by atoms with Crippen molar-refractivity contribution in [2.75, 3.05) is 5.32 Å². The highest BCUT2D eigenvalue weighted by atomic mass is 16.1. The lowest BCUT2D eigenvalue weighted by atomic mass is 10.1. The maximum absolute atomic E-state index is 12.5. The zero-order chi connectivity index (χ0) is 18.4. The summed E-state index contributed by atoms with van der Waals surface area (Å²) in [6.45, 7) is 4.44. The van der Waals surface area contributed by atoms with Crippen molar-refractivity contribution in [1.82, 2.24) is 15.3 Å². The summed E-state index contributed by atoms with van der Waals surface area (Å²) < 4.78 is 0. The molecular formula is C21H28N4O. The highest BCUT2D eigenvalue weighted by molar-refractivity contribution is 5.92. The van der Waals surface area contributed by atoms with E-state index >= 15 is 0 Å². The van der Waals surface area contributed by atoms with Crippen molar-refractivity contribution < 1.29 is 4.79 Å². The van der Waals surface area contributed by atoms with Crippen molar-refractivity contribution in [3.05, 3.63) is 52.8 Å². The molecule has 2 N–H and O–H groups in total. The van der Waals surface area contributed by atoms with Gasteiger partial charge in [-0.1, -0.05) is 55.5 Å². The summed E-state index contributed by atoms with van der Waals surface area (Å²) in [5.41, 5.74) is 3.49. The number of nitrogens with zero attached hydrogens (tertiary/aromatic N) is 2. The van der Waals surface area contributed by atoms with E-state index in [2.05, 4.69) is 26.7 Å². The van der Waals surface area contributed by atoms with Crippen LogP contribution in [0.5, 0.6) is 0 Å². The van der Waals surface area contributed by atoms with Gasteiger partial charge in [0.15, 0.2) is 0 Å². The van der Waals surface area contributed by atoms with Crippen LogP contribution >= 0.6 is 0 Å². The van der Waals surface area contributed by atoms with Crippen molar-refractivity contribution in [1.29, 1.82) is 0 Å². The smallest absolute Gasteiger partial charge is 0.270 e. The Morgan fingerprint density at radius 3 is 2.58 bits per heavy atom. The standard InChI is InChI=1S/C21H28N4O/c1-15-8-7-9-17(12-15)14-22-20(26)19-13-16(2)23-21(25-19)24-18-10-5-3-4-6-11-18/h7-9,12-13,18H,3-6,10-11,14H2,1-2H3,(H,22,26)(H,23,24,25). The Balaban J connectivity index is 1.65. The molecule has 2 aromatic rings. The average Bonchev–Trinajstić information content (AvgIpc) is 2.88. The van der Waals surface area contributed by atoms with E-state index in [4.69, 9.17) is 0 Å². The van der Waals surface area contributed by atoms with Crippen LogP contribution in [0.4, 0.5) is 5.95 Å². The van der Waals surface area contributed by atoms with Crippen LogP contribution in [-0.2, 0) is 6.54 Å². The second-order valence-corrected chi connectivity index (χ2v) is 7.22. The summed E-state index contributed by atoms with van der Waals surface area (Å²) in [5.74, 6) is 0.401. The maximum atomic E-state index is 12.5. The normalized spacial score (nSPS) is 15.3. The van der Waals surface area contributed by atoms with Gasteiger partial charge in [0.2, 0.25) is 5.95 Å². The first-order chi connectivity index (χ1) is 12.6. The molecule has 26 heavy (non-hydrogen) atoms. The van der Waals surface area contributed by atoms with E-state index in [1.165, 1.54) is 31.2 Å². The third kappa shape index (κ3) is 5.28. The largest absolute Gasteiger partial charge is 0.351 e. The molecule has 1 amide bonds. The van der Waals surface area contributed by atoms with E-state index in [9.17, 15) is 4.79 Å². The fourth-order valence-corrected chi connectivity index (χ4v) is 3.45. The third-order valence-corrected chi connectivity index (χ3v) is 4.81. The van der Waals surface area contributed by atoms with Gasteiger partial charge < -0.3 is 10.6 Å². The van der Waals surface area contributed by atoms with Gasteiger partial charge in [-0.15, -0.1) is 0 Å². The number of hydrogen-bond acceptors (Lipinski definition) is 4. The molecule has 5 nitrogen and oxygen atoms in total. The first-order valence-electron chi connectivity index (χ1n) is 9.56. The Hall–Kier alpha value is -2.43. The van der Waals surface area contributed by atoms with Crippen LogP contribution in [0, 0.1) is 13.8 Å². The van der Waals surface area contributed by atoms with Crippen molar-refractivity contribution >= 4 is 11.9 Å². The first-order valence-corrected chi connectivity index (χ1v) is 9.56. The van der Waals surface area contributed by atoms with E-state index in [1.54, 1.807) is 6.07 Å². The average molecular weight is 352 g/mol. The lowest BCUT2D eigenvalue weighted by molar-refractivity contribution is 0.0945. The Labute approximate surface area is 155 Å². The molecule has 1 fully saturated rings. The lowest BCUT2D eigenvalue weighted by Gasteiger charge is -2.17. The molecule has 138 valence electrons. The summed E-state index contributed by atoms with van der Waals surface area (Å²) in [4.78, 5) is 21.4. The predicted molar refractivity (Wildman–Crippen MR) is 104 cm³/mol. The minimum absolute atomic E-state index is 0.166. The van der Waals surface area contributed by atoms with Crippen molar-refractivity contribution in [2.24, 2.45) is 0 Å². The number of hydrogen-bond donors (Lipinski definition) is 2. The molecule has 0 unspecified atom stereocenters. The van der Waals surface area contributed by atoms with Crippen molar-refractivity contribution in [2.45, 2.75) is 65.0 Å². The molecule has 1 heterocycles. The van der Waals surface area contributed by atoms with Crippen LogP contribution in [-0.4, -0.2) is 21.9 Å². The highest BCUT2D eigenvalue weighted by Crippen LogP contribution is 2.20. The number of carbonyl (C=O) groups excluding carboxylic acids is 1. The zero-order valence-corrected chi connectivity index (χ0v) is 15.7. The topological polar surface area (TPSA) is 66.9 Å². The minimum atomic E-state index is -0.166. The molecule has 0 atom stereocenters. The van der Waals surface area contributed by atoms with E-state index in [1.807, 2.05) is 32.0 Å². The number of amides is 1. The van der Waals surface area contributed by atoms with Gasteiger partial charge in [0.05, 0.1) is 0 Å². The van der Waals surface area contributed by atoms with Crippen LogP contribution in [0.15, 0.2) is 30.3 Å². The molecule has 1 aromatic carbocycles. The van der Waals surface area contributed by atoms with E-state index in [0.29, 0.717) is 24.2 Å². The monoisotopic (exact) mass is 352 g/mol. The van der Waals surface area contributed by atoms with Crippen LogP contribution in [0.25, 0.3) is 0 Å². The van der Waals surface area contributed by atoms with Crippen molar-refractivity contribution in [3.63, 3.8) is 0 Å². The van der Waals surface area contributed by atoms with Crippen LogP contribution in [0.3, 0.4) is 0 Å². The number of anilines is 1. The molecule has 1 aromatic heterocycles. The predicted octanol–water partition coefficient (Wildman–Crippen LogP) is 4.16. The van der Waals surface area contributed by atoms with E-state index in [0.717, 1.165) is 24.1 Å². The fourth-order valence-electron chi connectivity index (χ4n) is 3.45. The number of aryl methyl sites for hydroxylation is 2. The second kappa shape index (κ2) is 8.79. The third-order valence-electron chi connectivity index (χ3n) is 4.81. The molecule has 1 aliphatic carbocycles. The molecule has 0 spiro atoms. The van der Waals surface area contributed by atoms with Crippen LogP contribution in [0.2, 0.25) is 0 Å². The van der Waals surface area contributed by atoms with Gasteiger partial charge >= 0.3 is 0 Å². The minimum Gasteiger partial charge on any atom is -0.351 e. The summed E-state index contributed by atoms with van der Waals surface area (Å²) in [6, 6.07) is 10.3. The van der Waals surface area contributed by atoms with Gasteiger partial charge in [0.25, 0.3) is 5.91 Å². The molecule has 3 rings (SSSR count). The SMILES string of the molecule is Cc1cccc(CNC(=O)c2cc(C)nc(NC3CCCCCC3)n2)c1. The highest BCUT2D eigenvalue weighted by Gasteiger charge is 2.15. The Kier molecular flexibility index (Phi) is 6.21. The van der Waals surface area contributed by atoms with Crippen molar-refractivity contribution in [3.8, 4) is 0 Å². The Bertz CT molecular complexity index is 751. The van der Waals surface area contributed by atoms with Gasteiger partial charge in [-0.2, -0.15) is 0 Å². The van der Waals surface area contributed by atoms with Gasteiger partial charge in [0.1, 0.15) is 5.69 Å². The number of nitrogens with one attached hydrogen (secondary N) is 2. The molecule has 0 aliphatic heterocycles. The fraction of sp³-hybridized carbons (Fsp3) is 0.476. The lowest BCUT2D eigenvalue weighted by Crippen LogP contribution is -2.26. The van der Waals surface area contributed by atoms with Gasteiger partial charge in [-0.05, 0) is 38.3 Å². The number of benzene rings is 1. The number of aromatic nitrogens is 2. The summed E-state index contributed by atoms with van der Waals surface area (Å²) in [5, 5.41) is 6.39. The maximum Gasteiger partial charge on any atom is 0.270 e. The summed E-state index contributed by atoms with van der Waals surface area (Å²) in [6.07, 6.45) is 7.39. The van der Waals surface area contributed by atoms with E-state index < -0.39 is 0 Å². The number of carbonyl (C=O) groups is 1. The Morgan fingerprint density at radius 1 is 1.08 bits per heavy atom. The summed E-state index contributed by atoms with van der Waals surface area (Å²) >= 11 is 0. The zero-order valence-electron chi connectivity index (χ0n) is 15.7. The van der Waals surface area contributed by atoms with Gasteiger partial charge in [-0.25, -0.2) is 9.97 Å². The molecule has 0 saturated heterocycles. The second-order valence-electron chi connectivity index (χ2n) is 7.22. The molecule has 1 saturated carbocycles. The quantitative estimate of drug-likeness (QED) is 0.793. The molecule has 0 bridgehead atoms. The van der Waals surface area contributed by atoms with Crippen LogP contribution < -0.4 is 10.6 Å². The molecule has 5 heteroatoms. The van der Waals surface area contributed by atoms with Gasteiger partial charge in [-0.3, -0.25) is 4.79 Å². The number of rotatable bonds is 5. The van der Waals surface area contributed by atoms with Gasteiger partial charge in [0, 0.05) is 18.3 Å². The molecular weight excluding hydrogens is 324 g/mol. The Morgan fingerprint density at radius 2 is 1.85 bits per heavy atom.